The fourth-order valence-corrected chi connectivity index (χ4v) is 1.72. The van der Waals surface area contributed by atoms with E-state index in [1.165, 1.54) is 12.1 Å². The van der Waals surface area contributed by atoms with Crippen molar-refractivity contribution in [3.63, 3.8) is 0 Å². The number of primary amides is 1. The summed E-state index contributed by atoms with van der Waals surface area (Å²) < 4.78 is 0. The van der Waals surface area contributed by atoms with Crippen LogP contribution in [0.3, 0.4) is 0 Å². The van der Waals surface area contributed by atoms with E-state index < -0.39 is 5.91 Å². The SMILES string of the molecule is CC(CC(N)=O)NC(=O)c1cc(Cl)nc(Cl)c1. The molecule has 1 heterocycles. The van der Waals surface area contributed by atoms with Crippen molar-refractivity contribution in [1.29, 1.82) is 0 Å². The van der Waals surface area contributed by atoms with Crippen LogP contribution >= 0.6 is 23.2 Å². The Hall–Kier alpha value is -1.33. The highest BCUT2D eigenvalue weighted by atomic mass is 35.5. The fraction of sp³-hybridized carbons (Fsp3) is 0.300. The topological polar surface area (TPSA) is 85.1 Å². The summed E-state index contributed by atoms with van der Waals surface area (Å²) in [7, 11) is 0. The molecule has 1 atom stereocenters. The number of hydrogen-bond donors (Lipinski definition) is 2. The quantitative estimate of drug-likeness (QED) is 0.815. The summed E-state index contributed by atoms with van der Waals surface area (Å²) >= 11 is 11.3. The van der Waals surface area contributed by atoms with Crippen molar-refractivity contribution in [2.45, 2.75) is 19.4 Å². The number of carbonyl (C=O) groups is 2. The molecular formula is C10H11Cl2N3O2. The second kappa shape index (κ2) is 5.84. The largest absolute Gasteiger partial charge is 0.370 e. The number of pyridine rings is 1. The first-order chi connectivity index (χ1) is 7.88. The van der Waals surface area contributed by atoms with Crippen LogP contribution in [0.15, 0.2) is 12.1 Å². The second-order valence-corrected chi connectivity index (χ2v) is 4.32. The third-order valence-corrected chi connectivity index (χ3v) is 2.30. The number of carbonyl (C=O) groups excluding carboxylic acids is 2. The van der Waals surface area contributed by atoms with Gasteiger partial charge in [-0.25, -0.2) is 4.98 Å². The standard InChI is InChI=1S/C10H11Cl2N3O2/c1-5(2-9(13)16)14-10(17)6-3-7(11)15-8(12)4-6/h3-5H,2H2,1H3,(H2,13,16)(H,14,17). The van der Waals surface area contributed by atoms with Gasteiger partial charge in [-0.3, -0.25) is 9.59 Å². The average Bonchev–Trinajstić information content (AvgIpc) is 2.14. The highest BCUT2D eigenvalue weighted by Gasteiger charge is 2.13. The van der Waals surface area contributed by atoms with Gasteiger partial charge in [0.1, 0.15) is 10.3 Å². The van der Waals surface area contributed by atoms with Gasteiger partial charge < -0.3 is 11.1 Å². The van der Waals surface area contributed by atoms with Crippen molar-refractivity contribution < 1.29 is 9.59 Å². The highest BCUT2D eigenvalue weighted by Crippen LogP contribution is 2.14. The van der Waals surface area contributed by atoms with E-state index >= 15 is 0 Å². The molecule has 1 rings (SSSR count). The average molecular weight is 276 g/mol. The molecule has 1 aromatic heterocycles. The van der Waals surface area contributed by atoms with Gasteiger partial charge in [0.05, 0.1) is 0 Å². The molecule has 3 N–H and O–H groups in total. The van der Waals surface area contributed by atoms with E-state index in [4.69, 9.17) is 28.9 Å². The minimum atomic E-state index is -0.483. The first-order valence-corrected chi connectivity index (χ1v) is 5.56. The molecule has 0 aliphatic heterocycles. The van der Waals surface area contributed by atoms with Crippen molar-refractivity contribution in [2.75, 3.05) is 0 Å². The van der Waals surface area contributed by atoms with Crippen molar-refractivity contribution in [3.05, 3.63) is 28.0 Å². The summed E-state index contributed by atoms with van der Waals surface area (Å²) in [5.74, 6) is -0.867. The lowest BCUT2D eigenvalue weighted by molar-refractivity contribution is -0.118. The van der Waals surface area contributed by atoms with Crippen LogP contribution in [0.2, 0.25) is 10.3 Å². The van der Waals surface area contributed by atoms with Crippen LogP contribution in [-0.2, 0) is 4.79 Å². The predicted molar refractivity (Wildman–Crippen MR) is 65.0 cm³/mol. The van der Waals surface area contributed by atoms with Gasteiger partial charge in [-0.1, -0.05) is 23.2 Å². The zero-order valence-electron chi connectivity index (χ0n) is 9.04. The van der Waals surface area contributed by atoms with Crippen LogP contribution in [0, 0.1) is 0 Å². The van der Waals surface area contributed by atoms with Crippen LogP contribution in [0.4, 0.5) is 0 Å². The molecule has 17 heavy (non-hydrogen) atoms. The molecule has 1 unspecified atom stereocenters. The number of aromatic nitrogens is 1. The van der Waals surface area contributed by atoms with Gasteiger partial charge in [0.25, 0.3) is 5.91 Å². The fourth-order valence-electron chi connectivity index (χ4n) is 1.26. The van der Waals surface area contributed by atoms with Crippen molar-refractivity contribution in [1.82, 2.24) is 10.3 Å². The number of halogens is 2. The first kappa shape index (κ1) is 13.7. The summed E-state index contributed by atoms with van der Waals surface area (Å²) in [6, 6.07) is 2.42. The molecule has 0 bridgehead atoms. The van der Waals surface area contributed by atoms with Crippen LogP contribution < -0.4 is 11.1 Å². The van der Waals surface area contributed by atoms with Crippen molar-refractivity contribution in [2.24, 2.45) is 5.73 Å². The molecule has 0 saturated heterocycles. The number of nitrogens with one attached hydrogen (secondary N) is 1. The van der Waals surface area contributed by atoms with Crippen LogP contribution in [0.1, 0.15) is 23.7 Å². The van der Waals surface area contributed by atoms with Gasteiger partial charge in [0.15, 0.2) is 0 Å². The van der Waals surface area contributed by atoms with E-state index in [-0.39, 0.29) is 34.2 Å². The van der Waals surface area contributed by atoms with Crippen LogP contribution in [0.5, 0.6) is 0 Å². The molecule has 0 aliphatic carbocycles. The number of nitrogens with zero attached hydrogens (tertiary/aromatic N) is 1. The lowest BCUT2D eigenvalue weighted by Gasteiger charge is -2.12. The summed E-state index contributed by atoms with van der Waals surface area (Å²) in [6.45, 7) is 1.67. The molecule has 0 saturated carbocycles. The Morgan fingerprint density at radius 3 is 2.41 bits per heavy atom. The molecule has 92 valence electrons. The molecular weight excluding hydrogens is 265 g/mol. The summed E-state index contributed by atoms with van der Waals surface area (Å²) in [5.41, 5.74) is 5.30. The Labute approximate surface area is 108 Å². The minimum Gasteiger partial charge on any atom is -0.370 e. The van der Waals surface area contributed by atoms with E-state index in [9.17, 15) is 9.59 Å². The number of amides is 2. The maximum atomic E-state index is 11.7. The Balaban J connectivity index is 2.72. The third-order valence-electron chi connectivity index (χ3n) is 1.91. The van der Waals surface area contributed by atoms with Gasteiger partial charge >= 0.3 is 0 Å². The summed E-state index contributed by atoms with van der Waals surface area (Å²) in [6.07, 6.45) is 0.0677. The predicted octanol–water partition coefficient (Wildman–Crippen LogP) is 1.38. The van der Waals surface area contributed by atoms with Gasteiger partial charge in [-0.2, -0.15) is 0 Å². The molecule has 1 aromatic rings. The zero-order chi connectivity index (χ0) is 13.0. The monoisotopic (exact) mass is 275 g/mol. The Morgan fingerprint density at radius 1 is 1.41 bits per heavy atom. The molecule has 0 spiro atoms. The van der Waals surface area contributed by atoms with Gasteiger partial charge in [0, 0.05) is 18.0 Å². The molecule has 5 nitrogen and oxygen atoms in total. The van der Waals surface area contributed by atoms with E-state index in [1.54, 1.807) is 6.92 Å². The van der Waals surface area contributed by atoms with E-state index in [0.717, 1.165) is 0 Å². The summed E-state index contributed by atoms with van der Waals surface area (Å²) in [5, 5.41) is 2.86. The Kier molecular flexibility index (Phi) is 4.72. The number of hydrogen-bond acceptors (Lipinski definition) is 3. The zero-order valence-corrected chi connectivity index (χ0v) is 10.5. The van der Waals surface area contributed by atoms with Crippen molar-refractivity contribution >= 4 is 35.0 Å². The Bertz CT molecular complexity index is 431. The van der Waals surface area contributed by atoms with Crippen molar-refractivity contribution in [3.8, 4) is 0 Å². The third kappa shape index (κ3) is 4.58. The molecule has 0 fully saturated rings. The summed E-state index contributed by atoms with van der Waals surface area (Å²) in [4.78, 5) is 26.1. The second-order valence-electron chi connectivity index (χ2n) is 3.55. The number of rotatable bonds is 4. The van der Waals surface area contributed by atoms with E-state index in [0.29, 0.717) is 0 Å². The Morgan fingerprint density at radius 2 is 1.94 bits per heavy atom. The minimum absolute atomic E-state index is 0.0677. The molecule has 0 aliphatic rings. The van der Waals surface area contributed by atoms with Gasteiger partial charge in [-0.05, 0) is 19.1 Å². The molecule has 0 aromatic carbocycles. The van der Waals surface area contributed by atoms with Crippen LogP contribution in [-0.4, -0.2) is 22.8 Å². The first-order valence-electron chi connectivity index (χ1n) is 4.80. The lowest BCUT2D eigenvalue weighted by atomic mass is 10.2. The molecule has 2 amide bonds. The van der Waals surface area contributed by atoms with Crippen LogP contribution in [0.25, 0.3) is 0 Å². The normalized spacial score (nSPS) is 11.9. The van der Waals surface area contributed by atoms with E-state index in [2.05, 4.69) is 10.3 Å². The maximum Gasteiger partial charge on any atom is 0.251 e. The van der Waals surface area contributed by atoms with E-state index in [1.807, 2.05) is 0 Å². The highest BCUT2D eigenvalue weighted by molar-refractivity contribution is 6.33. The maximum absolute atomic E-state index is 11.7. The lowest BCUT2D eigenvalue weighted by Crippen LogP contribution is -2.35. The number of nitrogens with two attached hydrogens (primary N) is 1. The molecule has 0 radical (unpaired) electrons. The van der Waals surface area contributed by atoms with Gasteiger partial charge in [0.2, 0.25) is 5.91 Å². The smallest absolute Gasteiger partial charge is 0.251 e. The van der Waals surface area contributed by atoms with Gasteiger partial charge in [-0.15, -0.1) is 0 Å². The molecule has 7 heteroatoms.